The number of piperazine rings is 1. The molecule has 0 aliphatic carbocycles. The average molecular weight is 578 g/mol. The van der Waals surface area contributed by atoms with Gasteiger partial charge >= 0.3 is 0 Å². The maximum absolute atomic E-state index is 14.0. The van der Waals surface area contributed by atoms with Crippen molar-refractivity contribution < 1.29 is 17.6 Å². The van der Waals surface area contributed by atoms with Crippen LogP contribution in [-0.2, 0) is 16.6 Å². The molecule has 6 nitrogen and oxygen atoms in total. The second-order valence-corrected chi connectivity index (χ2v) is 12.0. The van der Waals surface area contributed by atoms with Crippen molar-refractivity contribution in [2.75, 3.05) is 35.4 Å². The van der Waals surface area contributed by atoms with Gasteiger partial charge in [0.25, 0.3) is 15.9 Å². The molecule has 0 atom stereocenters. The number of benzene rings is 4. The van der Waals surface area contributed by atoms with Crippen molar-refractivity contribution in [3.8, 4) is 0 Å². The summed E-state index contributed by atoms with van der Waals surface area (Å²) in [5.41, 5.74) is 3.19. The third-order valence-electron chi connectivity index (χ3n) is 7.01. The molecule has 206 valence electrons. The zero-order chi connectivity index (χ0) is 28.3. The van der Waals surface area contributed by atoms with Crippen molar-refractivity contribution in [1.82, 2.24) is 4.90 Å². The lowest BCUT2D eigenvalue weighted by atomic mass is 10.1. The van der Waals surface area contributed by atoms with Crippen molar-refractivity contribution in [3.63, 3.8) is 0 Å². The minimum absolute atomic E-state index is 0.0238. The van der Waals surface area contributed by atoms with Crippen molar-refractivity contribution in [1.29, 1.82) is 0 Å². The highest BCUT2D eigenvalue weighted by molar-refractivity contribution is 7.92. The zero-order valence-electron chi connectivity index (χ0n) is 22.0. The molecule has 1 aliphatic heterocycles. The number of amides is 1. The van der Waals surface area contributed by atoms with Gasteiger partial charge in [-0.2, -0.15) is 0 Å². The number of para-hydroxylation sites is 1. The molecule has 4 aromatic carbocycles. The lowest BCUT2D eigenvalue weighted by Crippen LogP contribution is -2.49. The van der Waals surface area contributed by atoms with Gasteiger partial charge in [-0.25, -0.2) is 12.8 Å². The number of halogens is 2. The van der Waals surface area contributed by atoms with Crippen molar-refractivity contribution in [2.24, 2.45) is 0 Å². The summed E-state index contributed by atoms with van der Waals surface area (Å²) >= 11 is 6.07. The van der Waals surface area contributed by atoms with Gasteiger partial charge < -0.3 is 9.80 Å². The largest absolute Gasteiger partial charge is 0.368 e. The number of rotatable bonds is 7. The van der Waals surface area contributed by atoms with E-state index in [0.29, 0.717) is 42.5 Å². The predicted molar refractivity (Wildman–Crippen MR) is 157 cm³/mol. The zero-order valence-corrected chi connectivity index (χ0v) is 23.6. The number of anilines is 2. The number of nitrogens with zero attached hydrogens (tertiary/aromatic N) is 3. The van der Waals surface area contributed by atoms with E-state index in [2.05, 4.69) is 4.90 Å². The molecular formula is C31H29ClFN3O3S. The highest BCUT2D eigenvalue weighted by atomic mass is 35.5. The maximum atomic E-state index is 14.0. The average Bonchev–Trinajstić information content (AvgIpc) is 2.97. The van der Waals surface area contributed by atoms with Crippen LogP contribution in [-0.4, -0.2) is 45.4 Å². The molecule has 0 radical (unpaired) electrons. The highest BCUT2D eigenvalue weighted by Gasteiger charge is 2.31. The Labute approximate surface area is 239 Å². The normalized spacial score (nSPS) is 13.8. The summed E-state index contributed by atoms with van der Waals surface area (Å²) in [6, 6.07) is 26.8. The molecule has 0 spiro atoms. The van der Waals surface area contributed by atoms with Crippen LogP contribution in [0.4, 0.5) is 15.8 Å². The molecule has 5 rings (SSSR count). The first-order valence-electron chi connectivity index (χ1n) is 12.9. The fourth-order valence-electron chi connectivity index (χ4n) is 4.75. The van der Waals surface area contributed by atoms with Gasteiger partial charge in [-0.1, -0.05) is 53.6 Å². The van der Waals surface area contributed by atoms with Crippen LogP contribution in [0.15, 0.2) is 102 Å². The van der Waals surface area contributed by atoms with Crippen LogP contribution in [0.3, 0.4) is 0 Å². The SMILES string of the molecule is Cc1ccc(S(=O)(=O)N(Cc2ccc(Cl)cc2)c2ccccc2C(=O)N2CCN(c3ccc(F)cc3)CC2)cc1. The van der Waals surface area contributed by atoms with Gasteiger partial charge in [0.1, 0.15) is 5.82 Å². The lowest BCUT2D eigenvalue weighted by Gasteiger charge is -2.37. The maximum Gasteiger partial charge on any atom is 0.264 e. The Morgan fingerprint density at radius 1 is 0.850 bits per heavy atom. The van der Waals surface area contributed by atoms with Crippen molar-refractivity contribution in [3.05, 3.63) is 125 Å². The van der Waals surface area contributed by atoms with E-state index >= 15 is 0 Å². The van der Waals surface area contributed by atoms with Gasteiger partial charge in [0.05, 0.1) is 22.7 Å². The summed E-state index contributed by atoms with van der Waals surface area (Å²) in [5, 5.41) is 0.548. The molecule has 0 saturated carbocycles. The summed E-state index contributed by atoms with van der Waals surface area (Å²) in [5.74, 6) is -0.535. The quantitative estimate of drug-likeness (QED) is 0.264. The standard InChI is InChI=1S/C31H29ClFN3O3S/c1-23-6-16-28(17-7-23)40(38,39)36(22-24-8-10-25(32)11-9-24)30-5-3-2-4-29(30)31(37)35-20-18-34(19-21-35)27-14-12-26(33)13-15-27/h2-17H,18-22H2,1H3. The molecule has 0 N–H and O–H groups in total. The summed E-state index contributed by atoms with van der Waals surface area (Å²) in [7, 11) is -4.02. The van der Waals surface area contributed by atoms with Gasteiger partial charge in [-0.3, -0.25) is 9.10 Å². The van der Waals surface area contributed by atoms with Gasteiger partial charge in [0.2, 0.25) is 0 Å². The van der Waals surface area contributed by atoms with Crippen LogP contribution in [0.5, 0.6) is 0 Å². The predicted octanol–water partition coefficient (Wildman–Crippen LogP) is 6.15. The Kier molecular flexibility index (Phi) is 8.09. The fraction of sp³-hybridized carbons (Fsp3) is 0.194. The molecule has 0 bridgehead atoms. The van der Waals surface area contributed by atoms with E-state index in [-0.39, 0.29) is 23.2 Å². The minimum Gasteiger partial charge on any atom is -0.368 e. The third-order valence-corrected chi connectivity index (χ3v) is 9.04. The first-order valence-corrected chi connectivity index (χ1v) is 14.8. The van der Waals surface area contributed by atoms with Gasteiger partial charge in [0.15, 0.2) is 0 Å². The first kappa shape index (κ1) is 27.7. The number of carbonyl (C=O) groups excluding carboxylic acids is 1. The van der Waals surface area contributed by atoms with E-state index in [1.807, 2.05) is 6.92 Å². The molecule has 1 aliphatic rings. The highest BCUT2D eigenvalue weighted by Crippen LogP contribution is 2.31. The number of aryl methyl sites for hydroxylation is 1. The van der Waals surface area contributed by atoms with Crippen LogP contribution in [0, 0.1) is 12.7 Å². The summed E-state index contributed by atoms with van der Waals surface area (Å²) < 4.78 is 42.7. The fourth-order valence-corrected chi connectivity index (χ4v) is 6.35. The molecule has 1 fully saturated rings. The second kappa shape index (κ2) is 11.7. The Bertz CT molecular complexity index is 1590. The Balaban J connectivity index is 1.46. The molecule has 1 saturated heterocycles. The van der Waals surface area contributed by atoms with Crippen molar-refractivity contribution >= 4 is 38.9 Å². The van der Waals surface area contributed by atoms with Crippen molar-refractivity contribution in [2.45, 2.75) is 18.4 Å². The third kappa shape index (κ3) is 5.98. The molecule has 4 aromatic rings. The molecule has 1 amide bonds. The smallest absolute Gasteiger partial charge is 0.264 e. The number of carbonyl (C=O) groups is 1. The van der Waals surface area contributed by atoms with Crippen LogP contribution in [0.1, 0.15) is 21.5 Å². The second-order valence-electron chi connectivity index (χ2n) is 9.72. The first-order chi connectivity index (χ1) is 19.2. The van der Waals surface area contributed by atoms with Crippen LogP contribution in [0.2, 0.25) is 5.02 Å². The number of hydrogen-bond acceptors (Lipinski definition) is 4. The van der Waals surface area contributed by atoms with E-state index < -0.39 is 10.0 Å². The van der Waals surface area contributed by atoms with Gasteiger partial charge in [-0.15, -0.1) is 0 Å². The van der Waals surface area contributed by atoms with E-state index in [4.69, 9.17) is 11.6 Å². The summed E-state index contributed by atoms with van der Waals surface area (Å²) in [6.07, 6.45) is 0. The van der Waals surface area contributed by atoms with E-state index in [1.54, 1.807) is 89.8 Å². The van der Waals surface area contributed by atoms with E-state index in [0.717, 1.165) is 16.8 Å². The van der Waals surface area contributed by atoms with Gasteiger partial charge in [-0.05, 0) is 73.2 Å². The van der Waals surface area contributed by atoms with Gasteiger partial charge in [0, 0.05) is 36.9 Å². The van der Waals surface area contributed by atoms with E-state index in [9.17, 15) is 17.6 Å². The molecule has 0 aromatic heterocycles. The Morgan fingerprint density at radius 3 is 2.12 bits per heavy atom. The van der Waals surface area contributed by atoms with Crippen LogP contribution < -0.4 is 9.21 Å². The Morgan fingerprint density at radius 2 is 1.48 bits per heavy atom. The van der Waals surface area contributed by atoms with E-state index in [1.165, 1.54) is 16.4 Å². The Hall–Kier alpha value is -3.88. The van der Waals surface area contributed by atoms with Crippen LogP contribution in [0.25, 0.3) is 0 Å². The molecule has 1 heterocycles. The lowest BCUT2D eigenvalue weighted by molar-refractivity contribution is 0.0747. The molecular weight excluding hydrogens is 549 g/mol. The summed E-state index contributed by atoms with van der Waals surface area (Å²) in [6.45, 7) is 3.98. The number of hydrogen-bond donors (Lipinski definition) is 0. The minimum atomic E-state index is -4.02. The molecule has 0 unspecified atom stereocenters. The molecule has 9 heteroatoms. The summed E-state index contributed by atoms with van der Waals surface area (Å²) in [4.78, 5) is 17.8. The van der Waals surface area contributed by atoms with Crippen LogP contribution >= 0.6 is 11.6 Å². The topological polar surface area (TPSA) is 60.9 Å². The molecule has 40 heavy (non-hydrogen) atoms. The number of sulfonamides is 1. The monoisotopic (exact) mass is 577 g/mol.